The van der Waals surface area contributed by atoms with Crippen molar-refractivity contribution in [1.29, 1.82) is 5.26 Å². The number of amides is 1. The quantitative estimate of drug-likeness (QED) is 0.747. The van der Waals surface area contributed by atoms with Gasteiger partial charge in [0, 0.05) is 13.0 Å². The van der Waals surface area contributed by atoms with Gasteiger partial charge in [0.15, 0.2) is 0 Å². The zero-order valence-corrected chi connectivity index (χ0v) is 16.3. The van der Waals surface area contributed by atoms with Gasteiger partial charge >= 0.3 is 0 Å². The largest absolute Gasteiger partial charge is 0.328 e. The van der Waals surface area contributed by atoms with Gasteiger partial charge in [-0.2, -0.15) is 15.7 Å². The van der Waals surface area contributed by atoms with Gasteiger partial charge in [0.25, 0.3) is 0 Å². The summed E-state index contributed by atoms with van der Waals surface area (Å²) in [6.07, 6.45) is 2.58. The molecule has 1 aromatic rings. The van der Waals surface area contributed by atoms with E-state index in [-0.39, 0.29) is 34.0 Å². The molecule has 2 atom stereocenters. The highest BCUT2D eigenvalue weighted by molar-refractivity contribution is 8.17. The van der Waals surface area contributed by atoms with Crippen LogP contribution in [0.4, 0.5) is 0 Å². The summed E-state index contributed by atoms with van der Waals surface area (Å²) in [6.45, 7) is 4.56. The molecule has 5 heteroatoms. The molecule has 0 aromatic heterocycles. The molecule has 0 spiro atoms. The maximum absolute atomic E-state index is 13.4. The average molecular weight is 371 g/mol. The Bertz CT molecular complexity index is 756. The molecule has 2 saturated heterocycles. The van der Waals surface area contributed by atoms with Gasteiger partial charge in [-0.25, -0.2) is 0 Å². The van der Waals surface area contributed by atoms with Crippen molar-refractivity contribution in [1.82, 2.24) is 4.90 Å². The van der Waals surface area contributed by atoms with Crippen LogP contribution in [0, 0.1) is 23.2 Å². The highest BCUT2D eigenvalue weighted by Gasteiger charge is 2.46. The standard InChI is InChI=1S/C21H26N2O2S/c1-15(2)17-12-19(24)23(14-16-8-4-3-5-9-16)20(17)21(25)18(13-22)26-10-6-7-11-26/h3-5,8-9,15,17,20H,6-7,10-12,14H2,1-2H3. The van der Waals surface area contributed by atoms with Crippen LogP contribution in [0.1, 0.15) is 38.7 Å². The van der Waals surface area contributed by atoms with Crippen molar-refractivity contribution in [3.8, 4) is 6.07 Å². The zero-order valence-electron chi connectivity index (χ0n) is 15.5. The lowest BCUT2D eigenvalue weighted by Gasteiger charge is -2.29. The SMILES string of the molecule is CC(C)C1CC(=O)N(Cc2ccccc2)C1C(=O)C(C#N)=S1CCCC1. The van der Waals surface area contributed by atoms with E-state index in [9.17, 15) is 14.9 Å². The summed E-state index contributed by atoms with van der Waals surface area (Å²) < 4.78 is 0. The van der Waals surface area contributed by atoms with Crippen LogP contribution in [0.2, 0.25) is 0 Å². The molecule has 0 N–H and O–H groups in total. The molecule has 0 aliphatic carbocycles. The lowest BCUT2D eigenvalue weighted by Crippen LogP contribution is -2.45. The summed E-state index contributed by atoms with van der Waals surface area (Å²) in [5.74, 6) is 2.02. The van der Waals surface area contributed by atoms with Crippen molar-refractivity contribution >= 4 is 27.0 Å². The lowest BCUT2D eigenvalue weighted by atomic mass is 9.86. The van der Waals surface area contributed by atoms with Crippen LogP contribution in [0.25, 0.3) is 0 Å². The predicted molar refractivity (Wildman–Crippen MR) is 106 cm³/mol. The van der Waals surface area contributed by atoms with Gasteiger partial charge in [-0.15, -0.1) is 0 Å². The van der Waals surface area contributed by atoms with Gasteiger partial charge in [-0.1, -0.05) is 44.2 Å². The van der Waals surface area contributed by atoms with E-state index >= 15 is 0 Å². The number of benzene rings is 1. The van der Waals surface area contributed by atoms with Gasteiger partial charge in [0.1, 0.15) is 17.0 Å². The summed E-state index contributed by atoms with van der Waals surface area (Å²) in [4.78, 5) is 28.2. The van der Waals surface area contributed by atoms with Gasteiger partial charge in [-0.3, -0.25) is 9.59 Å². The first-order chi connectivity index (χ1) is 12.5. The molecule has 1 amide bonds. The zero-order chi connectivity index (χ0) is 18.7. The molecule has 2 aliphatic heterocycles. The van der Waals surface area contributed by atoms with E-state index in [1.165, 1.54) is 0 Å². The fourth-order valence-electron chi connectivity index (χ4n) is 3.97. The molecule has 26 heavy (non-hydrogen) atoms. The molecule has 138 valence electrons. The molecular formula is C21H26N2O2S. The molecule has 4 nitrogen and oxygen atoms in total. The minimum atomic E-state index is -0.495. The lowest BCUT2D eigenvalue weighted by molar-refractivity contribution is -0.133. The van der Waals surface area contributed by atoms with Crippen molar-refractivity contribution in [3.05, 3.63) is 35.9 Å². The van der Waals surface area contributed by atoms with E-state index in [0.717, 1.165) is 29.9 Å². The first-order valence-electron chi connectivity index (χ1n) is 9.35. The van der Waals surface area contributed by atoms with Gasteiger partial charge in [0.05, 0.1) is 0 Å². The summed E-state index contributed by atoms with van der Waals surface area (Å²) in [6, 6.07) is 11.5. The van der Waals surface area contributed by atoms with Crippen molar-refractivity contribution in [2.75, 3.05) is 11.5 Å². The van der Waals surface area contributed by atoms with Crippen molar-refractivity contribution in [3.63, 3.8) is 0 Å². The summed E-state index contributed by atoms with van der Waals surface area (Å²) >= 11 is 0. The highest BCUT2D eigenvalue weighted by Crippen LogP contribution is 2.35. The molecule has 2 fully saturated rings. The number of carbonyl (C=O) groups is 2. The van der Waals surface area contributed by atoms with Crippen molar-refractivity contribution in [2.45, 2.75) is 45.7 Å². The second-order valence-corrected chi connectivity index (χ2v) is 9.69. The third-order valence-electron chi connectivity index (χ3n) is 5.44. The first-order valence-corrected chi connectivity index (χ1v) is 10.9. The van der Waals surface area contributed by atoms with Crippen LogP contribution >= 0.6 is 10.5 Å². The van der Waals surface area contributed by atoms with Crippen LogP contribution in [-0.2, 0) is 16.1 Å². The molecule has 1 aromatic carbocycles. The van der Waals surface area contributed by atoms with Crippen LogP contribution < -0.4 is 0 Å². The second kappa shape index (κ2) is 8.18. The highest BCUT2D eigenvalue weighted by atomic mass is 32.2. The number of hydrogen-bond acceptors (Lipinski definition) is 3. The maximum atomic E-state index is 13.4. The normalized spacial score (nSPS) is 23.5. The second-order valence-electron chi connectivity index (χ2n) is 7.48. The Labute approximate surface area is 158 Å². The molecule has 2 aliphatic rings. The minimum absolute atomic E-state index is 0.0201. The molecular weight excluding hydrogens is 344 g/mol. The molecule has 2 unspecified atom stereocenters. The number of hydrogen-bond donors (Lipinski definition) is 0. The third-order valence-corrected chi connectivity index (χ3v) is 7.87. The Morgan fingerprint density at radius 1 is 1.27 bits per heavy atom. The number of Topliss-reactive ketones (excluding diaryl/α,β-unsaturated/α-hetero) is 1. The van der Waals surface area contributed by atoms with Gasteiger partial charge in [-0.05, 0) is 41.7 Å². The smallest absolute Gasteiger partial charge is 0.223 e. The van der Waals surface area contributed by atoms with Crippen LogP contribution in [0.5, 0.6) is 0 Å². The number of rotatable bonds is 5. The van der Waals surface area contributed by atoms with Gasteiger partial charge < -0.3 is 4.90 Å². The van der Waals surface area contributed by atoms with E-state index in [2.05, 4.69) is 19.9 Å². The monoisotopic (exact) mass is 370 g/mol. The van der Waals surface area contributed by atoms with Crippen LogP contribution in [0.3, 0.4) is 0 Å². The van der Waals surface area contributed by atoms with Crippen LogP contribution in [0.15, 0.2) is 30.3 Å². The molecule has 2 heterocycles. The molecule has 0 saturated carbocycles. The Hall–Kier alpha value is -1.93. The predicted octanol–water partition coefficient (Wildman–Crippen LogP) is 3.39. The van der Waals surface area contributed by atoms with E-state index < -0.39 is 6.04 Å². The summed E-state index contributed by atoms with van der Waals surface area (Å²) in [5, 5.41) is 9.68. The van der Waals surface area contributed by atoms with Gasteiger partial charge in [0.2, 0.25) is 11.7 Å². The summed E-state index contributed by atoms with van der Waals surface area (Å²) in [5.41, 5.74) is 1.02. The number of ketones is 1. The van der Waals surface area contributed by atoms with E-state index in [0.29, 0.717) is 17.8 Å². The maximum Gasteiger partial charge on any atom is 0.223 e. The Kier molecular flexibility index (Phi) is 5.93. The van der Waals surface area contributed by atoms with Crippen molar-refractivity contribution < 1.29 is 9.59 Å². The van der Waals surface area contributed by atoms with E-state index in [1.54, 1.807) is 4.90 Å². The average Bonchev–Trinajstić information content (AvgIpc) is 3.25. The minimum Gasteiger partial charge on any atom is -0.328 e. The number of likely N-dealkylation sites (tertiary alicyclic amines) is 1. The molecule has 0 bridgehead atoms. The van der Waals surface area contributed by atoms with E-state index in [1.807, 2.05) is 30.3 Å². The summed E-state index contributed by atoms with van der Waals surface area (Å²) in [7, 11) is -0.224. The van der Waals surface area contributed by atoms with Crippen LogP contribution in [-0.4, -0.2) is 39.0 Å². The topological polar surface area (TPSA) is 61.2 Å². The Balaban J connectivity index is 1.95. The van der Waals surface area contributed by atoms with E-state index in [4.69, 9.17) is 0 Å². The number of carbonyl (C=O) groups excluding carboxylic acids is 2. The molecule has 3 rings (SSSR count). The molecule has 0 radical (unpaired) electrons. The third kappa shape index (κ3) is 3.76. The number of nitrogens with zero attached hydrogens (tertiary/aromatic N) is 2. The Morgan fingerprint density at radius 3 is 2.50 bits per heavy atom. The Morgan fingerprint density at radius 2 is 1.92 bits per heavy atom. The first kappa shape index (κ1) is 18.8. The fourth-order valence-corrected chi connectivity index (χ4v) is 6.23. The fraction of sp³-hybridized carbons (Fsp3) is 0.524. The van der Waals surface area contributed by atoms with Crippen molar-refractivity contribution in [2.24, 2.45) is 11.8 Å². The number of nitriles is 1.